The van der Waals surface area contributed by atoms with Crippen LogP contribution in [0.3, 0.4) is 0 Å². The summed E-state index contributed by atoms with van der Waals surface area (Å²) in [5, 5.41) is 3.70. The Hall–Kier alpha value is -0.860. The van der Waals surface area contributed by atoms with Crippen LogP contribution in [0.4, 0.5) is 0 Å². The van der Waals surface area contributed by atoms with E-state index in [1.807, 2.05) is 24.3 Å². The Morgan fingerprint density at radius 2 is 2.00 bits per heavy atom. The smallest absolute Gasteiger partial charge is 0.147 e. The summed E-state index contributed by atoms with van der Waals surface area (Å²) in [7, 11) is 1.79. The maximum absolute atomic E-state index is 11.2. The van der Waals surface area contributed by atoms with Crippen LogP contribution in [0.25, 0.3) is 0 Å². The van der Waals surface area contributed by atoms with Gasteiger partial charge in [0.25, 0.3) is 0 Å². The van der Waals surface area contributed by atoms with Crippen LogP contribution >= 0.6 is 11.6 Å². The number of rotatable bonds is 4. The zero-order chi connectivity index (χ0) is 10.6. The van der Waals surface area contributed by atoms with Crippen LogP contribution in [-0.4, -0.2) is 18.9 Å². The van der Waals surface area contributed by atoms with Gasteiger partial charge in [-0.25, -0.2) is 0 Å². The fraction of sp³-hybridized carbons (Fsp3) is 0.364. The van der Waals surface area contributed by atoms with Gasteiger partial charge in [-0.3, -0.25) is 4.79 Å². The minimum atomic E-state index is -0.101. The lowest BCUT2D eigenvalue weighted by atomic mass is 10.0. The first-order valence-electron chi connectivity index (χ1n) is 4.55. The number of benzene rings is 1. The fourth-order valence-corrected chi connectivity index (χ4v) is 1.43. The first-order chi connectivity index (χ1) is 6.63. The second-order valence-corrected chi connectivity index (χ2v) is 3.72. The minimum Gasteiger partial charge on any atom is -0.310 e. The lowest BCUT2D eigenvalue weighted by Crippen LogP contribution is -2.34. The summed E-state index contributed by atoms with van der Waals surface area (Å²) in [6.45, 7) is 1.59. The molecule has 1 atom stereocenters. The number of nitrogens with one attached hydrogen (secondary N) is 1. The molecule has 2 nitrogen and oxygen atoms in total. The van der Waals surface area contributed by atoms with E-state index in [9.17, 15) is 4.79 Å². The summed E-state index contributed by atoms with van der Waals surface area (Å²) >= 11 is 5.76. The Morgan fingerprint density at radius 1 is 1.43 bits per heavy atom. The Balaban J connectivity index is 2.67. The van der Waals surface area contributed by atoms with Crippen molar-refractivity contribution < 1.29 is 4.79 Å². The molecule has 0 radical (unpaired) electrons. The van der Waals surface area contributed by atoms with Crippen molar-refractivity contribution in [3.63, 3.8) is 0 Å². The van der Waals surface area contributed by atoms with Gasteiger partial charge in [0.2, 0.25) is 0 Å². The van der Waals surface area contributed by atoms with Crippen molar-refractivity contribution in [2.24, 2.45) is 0 Å². The van der Waals surface area contributed by atoms with E-state index in [0.717, 1.165) is 10.6 Å². The van der Waals surface area contributed by atoms with E-state index in [2.05, 4.69) is 5.32 Å². The number of Topliss-reactive ketones (excluding diaryl/α,β-unsaturated/α-hetero) is 1. The largest absolute Gasteiger partial charge is 0.310 e. The normalized spacial score (nSPS) is 12.5. The first-order valence-corrected chi connectivity index (χ1v) is 4.93. The summed E-state index contributed by atoms with van der Waals surface area (Å²) in [6, 6.07) is 7.45. The lowest BCUT2D eigenvalue weighted by molar-refractivity contribution is -0.118. The SMILES string of the molecule is CN[C@@H](Cc1ccc(Cl)cc1)C(C)=O. The Labute approximate surface area is 89.3 Å². The second kappa shape index (κ2) is 5.13. The van der Waals surface area contributed by atoms with Gasteiger partial charge < -0.3 is 5.32 Å². The molecule has 1 aromatic carbocycles. The van der Waals surface area contributed by atoms with E-state index in [4.69, 9.17) is 11.6 Å². The minimum absolute atomic E-state index is 0.101. The molecule has 0 spiro atoms. The van der Waals surface area contributed by atoms with Crippen LogP contribution in [-0.2, 0) is 11.2 Å². The molecular formula is C11H14ClNO. The van der Waals surface area contributed by atoms with Crippen molar-refractivity contribution in [1.82, 2.24) is 5.32 Å². The van der Waals surface area contributed by atoms with E-state index >= 15 is 0 Å². The Morgan fingerprint density at radius 3 is 2.43 bits per heavy atom. The average molecular weight is 212 g/mol. The highest BCUT2D eigenvalue weighted by Crippen LogP contribution is 2.11. The monoisotopic (exact) mass is 211 g/mol. The van der Waals surface area contributed by atoms with Gasteiger partial charge in [-0.1, -0.05) is 23.7 Å². The summed E-state index contributed by atoms with van der Waals surface area (Å²) in [5.74, 6) is 0.155. The van der Waals surface area contributed by atoms with Gasteiger partial charge in [0.05, 0.1) is 6.04 Å². The molecular weight excluding hydrogens is 198 g/mol. The van der Waals surface area contributed by atoms with Crippen LogP contribution < -0.4 is 5.32 Å². The average Bonchev–Trinajstić information content (AvgIpc) is 2.16. The van der Waals surface area contributed by atoms with Crippen molar-refractivity contribution in [1.29, 1.82) is 0 Å². The van der Waals surface area contributed by atoms with E-state index in [-0.39, 0.29) is 11.8 Å². The van der Waals surface area contributed by atoms with E-state index in [1.165, 1.54) is 0 Å². The summed E-state index contributed by atoms with van der Waals surface area (Å²) in [6.07, 6.45) is 0.711. The number of carbonyl (C=O) groups excluding carboxylic acids is 1. The summed E-state index contributed by atoms with van der Waals surface area (Å²) < 4.78 is 0. The van der Waals surface area contributed by atoms with Crippen LogP contribution in [0.5, 0.6) is 0 Å². The third-order valence-corrected chi connectivity index (χ3v) is 2.44. The zero-order valence-electron chi connectivity index (χ0n) is 8.38. The second-order valence-electron chi connectivity index (χ2n) is 3.28. The van der Waals surface area contributed by atoms with Crippen LogP contribution in [0.15, 0.2) is 24.3 Å². The van der Waals surface area contributed by atoms with Crippen molar-refractivity contribution in [2.75, 3.05) is 7.05 Å². The number of hydrogen-bond acceptors (Lipinski definition) is 2. The molecule has 1 rings (SSSR count). The van der Waals surface area contributed by atoms with Gasteiger partial charge in [-0.2, -0.15) is 0 Å². The summed E-state index contributed by atoms with van der Waals surface area (Å²) in [4.78, 5) is 11.2. The lowest BCUT2D eigenvalue weighted by Gasteiger charge is -2.12. The molecule has 0 saturated heterocycles. The van der Waals surface area contributed by atoms with Crippen molar-refractivity contribution in [3.05, 3.63) is 34.9 Å². The molecule has 1 aromatic rings. The van der Waals surface area contributed by atoms with Gasteiger partial charge in [0.1, 0.15) is 5.78 Å². The molecule has 76 valence electrons. The number of likely N-dealkylation sites (N-methyl/N-ethyl adjacent to an activating group) is 1. The third kappa shape index (κ3) is 3.13. The number of hydrogen-bond donors (Lipinski definition) is 1. The number of halogens is 1. The molecule has 0 bridgehead atoms. The van der Waals surface area contributed by atoms with Crippen molar-refractivity contribution >= 4 is 17.4 Å². The first kappa shape index (κ1) is 11.2. The van der Waals surface area contributed by atoms with Gasteiger partial charge >= 0.3 is 0 Å². The van der Waals surface area contributed by atoms with E-state index in [1.54, 1.807) is 14.0 Å². The van der Waals surface area contributed by atoms with Gasteiger partial charge in [0, 0.05) is 5.02 Å². The van der Waals surface area contributed by atoms with E-state index < -0.39 is 0 Å². The van der Waals surface area contributed by atoms with Gasteiger partial charge in [0.15, 0.2) is 0 Å². The topological polar surface area (TPSA) is 29.1 Å². The highest BCUT2D eigenvalue weighted by Gasteiger charge is 2.11. The molecule has 0 aliphatic heterocycles. The van der Waals surface area contributed by atoms with Crippen LogP contribution in [0.2, 0.25) is 5.02 Å². The van der Waals surface area contributed by atoms with Crippen molar-refractivity contribution in [2.45, 2.75) is 19.4 Å². The zero-order valence-corrected chi connectivity index (χ0v) is 9.14. The molecule has 14 heavy (non-hydrogen) atoms. The molecule has 0 aliphatic carbocycles. The highest BCUT2D eigenvalue weighted by molar-refractivity contribution is 6.30. The molecule has 0 unspecified atom stereocenters. The molecule has 3 heteroatoms. The third-order valence-electron chi connectivity index (χ3n) is 2.19. The van der Waals surface area contributed by atoms with Crippen LogP contribution in [0.1, 0.15) is 12.5 Å². The summed E-state index contributed by atoms with van der Waals surface area (Å²) in [5.41, 5.74) is 1.11. The standard InChI is InChI=1S/C11H14ClNO/c1-8(14)11(13-2)7-9-3-5-10(12)6-4-9/h3-6,11,13H,7H2,1-2H3/t11-/m0/s1. The molecule has 0 heterocycles. The molecule has 0 amide bonds. The van der Waals surface area contributed by atoms with E-state index in [0.29, 0.717) is 6.42 Å². The number of ketones is 1. The predicted octanol–water partition coefficient (Wildman–Crippen LogP) is 2.06. The molecule has 1 N–H and O–H groups in total. The highest BCUT2D eigenvalue weighted by atomic mass is 35.5. The van der Waals surface area contributed by atoms with Crippen molar-refractivity contribution in [3.8, 4) is 0 Å². The molecule has 0 aromatic heterocycles. The molecule has 0 aliphatic rings. The van der Waals surface area contributed by atoms with Gasteiger partial charge in [-0.15, -0.1) is 0 Å². The molecule has 0 fully saturated rings. The quantitative estimate of drug-likeness (QED) is 0.826. The van der Waals surface area contributed by atoms with Crippen LogP contribution in [0, 0.1) is 0 Å². The Bertz CT molecular complexity index is 308. The molecule has 0 saturated carbocycles. The Kier molecular flexibility index (Phi) is 4.11. The fourth-order valence-electron chi connectivity index (χ4n) is 1.31. The maximum atomic E-state index is 11.2. The van der Waals surface area contributed by atoms with Gasteiger partial charge in [-0.05, 0) is 38.1 Å². The maximum Gasteiger partial charge on any atom is 0.147 e. The predicted molar refractivity (Wildman–Crippen MR) is 58.7 cm³/mol. The number of carbonyl (C=O) groups is 1.